The summed E-state index contributed by atoms with van der Waals surface area (Å²) in [4.78, 5) is 11.4. The zero-order chi connectivity index (χ0) is 15.4. The van der Waals surface area contributed by atoms with Gasteiger partial charge in [0.1, 0.15) is 11.2 Å². The van der Waals surface area contributed by atoms with E-state index in [1.165, 1.54) is 22.2 Å². The summed E-state index contributed by atoms with van der Waals surface area (Å²) in [6, 6.07) is 3.91. The van der Waals surface area contributed by atoms with Crippen molar-refractivity contribution in [3.05, 3.63) is 41.3 Å². The van der Waals surface area contributed by atoms with Crippen LogP contribution < -0.4 is 0 Å². The van der Waals surface area contributed by atoms with E-state index in [9.17, 15) is 0 Å². The molecule has 4 aromatic rings. The molecule has 5 rings (SSSR count). The molecule has 0 N–H and O–H groups in total. The molecule has 0 aliphatic heterocycles. The van der Waals surface area contributed by atoms with Crippen molar-refractivity contribution in [2.24, 2.45) is 5.92 Å². The smallest absolute Gasteiger partial charge is 0.172 e. The summed E-state index contributed by atoms with van der Waals surface area (Å²) in [6.45, 7) is 2.32. The summed E-state index contributed by atoms with van der Waals surface area (Å²) < 4.78 is 1.99. The van der Waals surface area contributed by atoms with Gasteiger partial charge in [0.25, 0.3) is 0 Å². The number of rotatable bonds is 1. The molecule has 4 aromatic heterocycles. The summed E-state index contributed by atoms with van der Waals surface area (Å²) >= 11 is 1.82. The van der Waals surface area contributed by atoms with Crippen LogP contribution in [0.15, 0.2) is 30.9 Å². The second-order valence-electron chi connectivity index (χ2n) is 6.24. The van der Waals surface area contributed by atoms with Crippen molar-refractivity contribution >= 4 is 27.2 Å². The highest BCUT2D eigenvalue weighted by molar-refractivity contribution is 7.19. The quantitative estimate of drug-likeness (QED) is 0.538. The predicted molar refractivity (Wildman–Crippen MR) is 90.6 cm³/mol. The van der Waals surface area contributed by atoms with E-state index < -0.39 is 0 Å². The topological polar surface area (TPSA) is 56.0 Å². The van der Waals surface area contributed by atoms with Gasteiger partial charge >= 0.3 is 0 Å². The van der Waals surface area contributed by atoms with Gasteiger partial charge in [0.05, 0.1) is 5.39 Å². The molecule has 4 heterocycles. The minimum absolute atomic E-state index is 0.723. The van der Waals surface area contributed by atoms with E-state index in [2.05, 4.69) is 27.1 Å². The van der Waals surface area contributed by atoms with Gasteiger partial charge in [-0.05, 0) is 42.9 Å². The van der Waals surface area contributed by atoms with Gasteiger partial charge in [-0.2, -0.15) is 0 Å². The normalized spacial score (nSPS) is 17.7. The summed E-state index contributed by atoms with van der Waals surface area (Å²) in [5, 5.41) is 10.1. The third-order valence-electron chi connectivity index (χ3n) is 4.62. The highest BCUT2D eigenvalue weighted by Gasteiger charge is 2.24. The molecule has 0 unspecified atom stereocenters. The van der Waals surface area contributed by atoms with E-state index in [0.717, 1.165) is 40.6 Å². The molecule has 1 atom stereocenters. The fourth-order valence-corrected chi connectivity index (χ4v) is 4.62. The van der Waals surface area contributed by atoms with E-state index in [-0.39, 0.29) is 0 Å². The van der Waals surface area contributed by atoms with Crippen LogP contribution >= 0.6 is 11.3 Å². The molecular weight excluding hydrogens is 306 g/mol. The van der Waals surface area contributed by atoms with Gasteiger partial charge in [-0.1, -0.05) is 6.92 Å². The van der Waals surface area contributed by atoms with Crippen LogP contribution in [-0.2, 0) is 12.8 Å². The fourth-order valence-electron chi connectivity index (χ4n) is 3.44. The first-order valence-electron chi connectivity index (χ1n) is 7.85. The largest absolute Gasteiger partial charge is 0.265 e. The van der Waals surface area contributed by atoms with Crippen LogP contribution in [0.4, 0.5) is 0 Å². The molecule has 0 amide bonds. The SMILES string of the molecule is C[C@@H]1CCc2sc3ncn4c(-c5cccnc5)nnc4c3c2C1. The van der Waals surface area contributed by atoms with Crippen molar-refractivity contribution < 1.29 is 0 Å². The van der Waals surface area contributed by atoms with E-state index in [1.807, 2.05) is 40.4 Å². The van der Waals surface area contributed by atoms with Crippen LogP contribution in [0.2, 0.25) is 0 Å². The maximum absolute atomic E-state index is 4.68. The predicted octanol–water partition coefficient (Wildman–Crippen LogP) is 3.53. The lowest BCUT2D eigenvalue weighted by Gasteiger charge is -2.17. The van der Waals surface area contributed by atoms with Gasteiger partial charge < -0.3 is 0 Å². The van der Waals surface area contributed by atoms with Crippen LogP contribution in [-0.4, -0.2) is 24.6 Å². The number of aryl methyl sites for hydroxylation is 1. The molecule has 1 aliphatic rings. The van der Waals surface area contributed by atoms with Crippen molar-refractivity contribution in [2.45, 2.75) is 26.2 Å². The molecule has 6 heteroatoms. The number of hydrogen-bond donors (Lipinski definition) is 0. The molecule has 0 fully saturated rings. The molecule has 0 bridgehead atoms. The lowest BCUT2D eigenvalue weighted by Crippen LogP contribution is -2.09. The molecule has 5 nitrogen and oxygen atoms in total. The Balaban J connectivity index is 1.81. The number of thiophene rings is 1. The molecule has 0 saturated carbocycles. The van der Waals surface area contributed by atoms with Crippen LogP contribution in [0.1, 0.15) is 23.8 Å². The Bertz CT molecular complexity index is 1020. The summed E-state index contributed by atoms with van der Waals surface area (Å²) in [7, 11) is 0. The molecule has 0 saturated heterocycles. The molecule has 0 aromatic carbocycles. The molecular formula is C17H15N5S. The Morgan fingerprint density at radius 1 is 1.30 bits per heavy atom. The Labute approximate surface area is 137 Å². The zero-order valence-electron chi connectivity index (χ0n) is 12.7. The first kappa shape index (κ1) is 13.1. The maximum Gasteiger partial charge on any atom is 0.172 e. The number of aromatic nitrogens is 5. The Kier molecular flexibility index (Phi) is 2.76. The standard InChI is InChI=1S/C17H15N5S/c1-10-4-5-13-12(7-10)14-16-21-20-15(11-3-2-6-18-8-11)22(16)9-19-17(14)23-13/h2-3,6,8-10H,4-5,7H2,1H3/t10-/m1/s1. The van der Waals surface area contributed by atoms with Crippen LogP contribution in [0.3, 0.4) is 0 Å². The van der Waals surface area contributed by atoms with Gasteiger partial charge in [0.2, 0.25) is 0 Å². The first-order chi connectivity index (χ1) is 11.3. The molecule has 23 heavy (non-hydrogen) atoms. The molecule has 0 spiro atoms. The van der Waals surface area contributed by atoms with E-state index >= 15 is 0 Å². The first-order valence-corrected chi connectivity index (χ1v) is 8.67. The zero-order valence-corrected chi connectivity index (χ0v) is 13.5. The molecule has 114 valence electrons. The Hall–Kier alpha value is -2.34. The average Bonchev–Trinajstić information content (AvgIpc) is 3.16. The van der Waals surface area contributed by atoms with Gasteiger partial charge in [-0.15, -0.1) is 21.5 Å². The van der Waals surface area contributed by atoms with E-state index in [0.29, 0.717) is 0 Å². The third kappa shape index (κ3) is 1.91. The number of fused-ring (bicyclic) bond motifs is 5. The lowest BCUT2D eigenvalue weighted by atomic mass is 9.89. The second-order valence-corrected chi connectivity index (χ2v) is 7.32. The van der Waals surface area contributed by atoms with Crippen molar-refractivity contribution in [3.8, 4) is 11.4 Å². The molecule has 1 aliphatic carbocycles. The highest BCUT2D eigenvalue weighted by Crippen LogP contribution is 2.39. The second kappa shape index (κ2) is 4.83. The van der Waals surface area contributed by atoms with E-state index in [1.54, 1.807) is 6.20 Å². The van der Waals surface area contributed by atoms with Gasteiger partial charge in [-0.25, -0.2) is 4.98 Å². The van der Waals surface area contributed by atoms with Crippen molar-refractivity contribution in [2.75, 3.05) is 0 Å². The summed E-state index contributed by atoms with van der Waals surface area (Å²) in [5.41, 5.74) is 3.31. The monoisotopic (exact) mass is 321 g/mol. The average molecular weight is 321 g/mol. The number of pyridine rings is 1. The summed E-state index contributed by atoms with van der Waals surface area (Å²) in [5.74, 6) is 1.52. The maximum atomic E-state index is 4.68. The van der Waals surface area contributed by atoms with Crippen LogP contribution in [0, 0.1) is 5.92 Å². The van der Waals surface area contributed by atoms with Crippen molar-refractivity contribution in [1.82, 2.24) is 24.6 Å². The minimum Gasteiger partial charge on any atom is -0.265 e. The lowest BCUT2D eigenvalue weighted by molar-refractivity contribution is 0.508. The third-order valence-corrected chi connectivity index (χ3v) is 5.82. The van der Waals surface area contributed by atoms with Gasteiger partial charge in [0.15, 0.2) is 11.5 Å². The Morgan fingerprint density at radius 3 is 3.13 bits per heavy atom. The molecule has 0 radical (unpaired) electrons. The van der Waals surface area contributed by atoms with Crippen molar-refractivity contribution in [3.63, 3.8) is 0 Å². The van der Waals surface area contributed by atoms with Crippen molar-refractivity contribution in [1.29, 1.82) is 0 Å². The summed E-state index contributed by atoms with van der Waals surface area (Å²) in [6.07, 6.45) is 8.96. The van der Waals surface area contributed by atoms with Gasteiger partial charge in [0, 0.05) is 22.8 Å². The van der Waals surface area contributed by atoms with E-state index in [4.69, 9.17) is 0 Å². The number of hydrogen-bond acceptors (Lipinski definition) is 5. The van der Waals surface area contributed by atoms with Gasteiger partial charge in [-0.3, -0.25) is 9.38 Å². The Morgan fingerprint density at radius 2 is 2.26 bits per heavy atom. The van der Waals surface area contributed by atoms with Crippen LogP contribution in [0.5, 0.6) is 0 Å². The van der Waals surface area contributed by atoms with Crippen LogP contribution in [0.25, 0.3) is 27.3 Å². The highest BCUT2D eigenvalue weighted by atomic mass is 32.1. The fraction of sp³-hybridized carbons (Fsp3) is 0.294. The number of nitrogens with zero attached hydrogens (tertiary/aromatic N) is 5. The minimum atomic E-state index is 0.723.